The van der Waals surface area contributed by atoms with Crippen LogP contribution in [0.3, 0.4) is 0 Å². The number of aryl methyl sites for hydroxylation is 2. The lowest BCUT2D eigenvalue weighted by Gasteiger charge is -2.27. The second-order valence-electron chi connectivity index (χ2n) is 9.07. The number of rotatable bonds is 6. The molecule has 1 aromatic carbocycles. The van der Waals surface area contributed by atoms with Crippen LogP contribution in [-0.4, -0.2) is 50.0 Å². The maximum Gasteiger partial charge on any atom is 0.325 e. The smallest absolute Gasteiger partial charge is 0.325 e. The number of amides is 3. The van der Waals surface area contributed by atoms with E-state index in [1.54, 1.807) is 31.4 Å². The predicted molar refractivity (Wildman–Crippen MR) is 142 cm³/mol. The number of nitrogens with one attached hydrogen (secondary N) is 2. The molecule has 0 saturated carbocycles. The summed E-state index contributed by atoms with van der Waals surface area (Å²) in [5, 5.41) is 6.69. The lowest BCUT2D eigenvalue weighted by molar-refractivity contribution is -0.125. The topological polar surface area (TPSA) is 92.2 Å². The minimum atomic E-state index is -0.877. The molecule has 0 unspecified atom stereocenters. The highest BCUT2D eigenvalue weighted by Gasteiger charge is 2.45. The minimum Gasteiger partial charge on any atom is -0.352 e. The van der Waals surface area contributed by atoms with E-state index in [1.807, 2.05) is 0 Å². The summed E-state index contributed by atoms with van der Waals surface area (Å²) in [6.07, 6.45) is 1.73. The van der Waals surface area contributed by atoms with Crippen molar-refractivity contribution in [2.24, 2.45) is 0 Å². The fourth-order valence-electron chi connectivity index (χ4n) is 4.34. The summed E-state index contributed by atoms with van der Waals surface area (Å²) in [5.41, 5.74) is 3.46. The van der Waals surface area contributed by atoms with Gasteiger partial charge in [0.2, 0.25) is 5.95 Å². The first-order chi connectivity index (χ1) is 16.6. The molecule has 1 aliphatic rings. The molecule has 0 atom stereocenters. The number of anilines is 1. The van der Waals surface area contributed by atoms with Gasteiger partial charge >= 0.3 is 6.03 Å². The molecule has 0 bridgehead atoms. The zero-order valence-corrected chi connectivity index (χ0v) is 22.2. The van der Waals surface area contributed by atoms with E-state index in [1.165, 1.54) is 21.0 Å². The SMILES string of the molecule is Cc1ccc(C)n1-c1ccc2sc(-c3nc(NCCN4C(=O)NC(=O)C4(C)C)ncc3Br)cc2c1. The van der Waals surface area contributed by atoms with Crippen LogP contribution in [0, 0.1) is 13.8 Å². The van der Waals surface area contributed by atoms with E-state index in [0.717, 1.165) is 26.1 Å². The standard InChI is InChI=1S/C25H25BrN6O2S/c1-14-5-6-15(2)32(14)17-7-8-19-16(11-17)12-20(35-19)21-18(26)13-28-23(29-21)27-9-10-31-24(34)30-22(33)25(31,3)4/h5-8,11-13H,9-10H2,1-4H3,(H,27,28,29)(H,30,33,34). The van der Waals surface area contributed by atoms with Gasteiger partial charge in [-0.15, -0.1) is 11.3 Å². The Hall–Kier alpha value is -3.24. The van der Waals surface area contributed by atoms with E-state index in [0.29, 0.717) is 19.0 Å². The molecule has 4 heterocycles. The Morgan fingerprint density at radius 2 is 1.86 bits per heavy atom. The summed E-state index contributed by atoms with van der Waals surface area (Å²) in [5.74, 6) is 0.170. The maximum atomic E-state index is 12.1. The Bertz CT molecular complexity index is 1450. The second-order valence-corrected chi connectivity index (χ2v) is 11.0. The molecule has 1 fully saturated rings. The van der Waals surface area contributed by atoms with Crippen molar-refractivity contribution < 1.29 is 9.59 Å². The number of fused-ring (bicyclic) bond motifs is 1. The third-order valence-electron chi connectivity index (χ3n) is 6.32. The number of hydrogen-bond donors (Lipinski definition) is 2. The van der Waals surface area contributed by atoms with Crippen LogP contribution in [0.15, 0.2) is 47.1 Å². The zero-order chi connectivity index (χ0) is 24.9. The quantitative estimate of drug-likeness (QED) is 0.318. The number of carbonyl (C=O) groups is 2. The molecule has 3 amide bonds. The van der Waals surface area contributed by atoms with E-state index in [-0.39, 0.29) is 11.9 Å². The van der Waals surface area contributed by atoms with Crippen molar-refractivity contribution in [1.82, 2.24) is 24.8 Å². The number of nitrogens with zero attached hydrogens (tertiary/aromatic N) is 4. The molecular formula is C25H25BrN6O2S. The van der Waals surface area contributed by atoms with Crippen molar-refractivity contribution in [3.63, 3.8) is 0 Å². The summed E-state index contributed by atoms with van der Waals surface area (Å²) in [4.78, 5) is 35.7. The fourth-order valence-corrected chi connectivity index (χ4v) is 5.92. The van der Waals surface area contributed by atoms with E-state index in [4.69, 9.17) is 4.98 Å². The lowest BCUT2D eigenvalue weighted by Crippen LogP contribution is -2.46. The highest BCUT2D eigenvalue weighted by molar-refractivity contribution is 9.10. The predicted octanol–water partition coefficient (Wildman–Crippen LogP) is 5.27. The van der Waals surface area contributed by atoms with Gasteiger partial charge in [0, 0.05) is 41.1 Å². The molecular weight excluding hydrogens is 528 g/mol. The van der Waals surface area contributed by atoms with Crippen molar-refractivity contribution >= 4 is 55.2 Å². The first kappa shape index (κ1) is 23.5. The van der Waals surface area contributed by atoms with Crippen molar-refractivity contribution in [3.05, 3.63) is 58.5 Å². The van der Waals surface area contributed by atoms with Crippen molar-refractivity contribution in [2.45, 2.75) is 33.2 Å². The number of hydrogen-bond acceptors (Lipinski definition) is 6. The molecule has 180 valence electrons. The number of halogens is 1. The number of aromatic nitrogens is 3. The Morgan fingerprint density at radius 3 is 2.54 bits per heavy atom. The van der Waals surface area contributed by atoms with Crippen molar-refractivity contribution in [3.8, 4) is 16.3 Å². The molecule has 8 nitrogen and oxygen atoms in total. The van der Waals surface area contributed by atoms with Crippen LogP contribution < -0.4 is 10.6 Å². The number of benzene rings is 1. The van der Waals surface area contributed by atoms with Crippen LogP contribution in [0.5, 0.6) is 0 Å². The van der Waals surface area contributed by atoms with E-state index >= 15 is 0 Å². The van der Waals surface area contributed by atoms with Gasteiger partial charge in [-0.2, -0.15) is 0 Å². The monoisotopic (exact) mass is 552 g/mol. The van der Waals surface area contributed by atoms with Gasteiger partial charge in [-0.05, 0) is 85.4 Å². The average molecular weight is 553 g/mol. The summed E-state index contributed by atoms with van der Waals surface area (Å²) >= 11 is 5.27. The van der Waals surface area contributed by atoms with Crippen LogP contribution in [-0.2, 0) is 4.79 Å². The van der Waals surface area contributed by atoms with Crippen LogP contribution in [0.4, 0.5) is 10.7 Å². The lowest BCUT2D eigenvalue weighted by atomic mass is 10.0. The van der Waals surface area contributed by atoms with Gasteiger partial charge in [0.1, 0.15) is 11.2 Å². The Morgan fingerprint density at radius 1 is 1.11 bits per heavy atom. The Labute approximate surface area is 215 Å². The largest absolute Gasteiger partial charge is 0.352 e. The molecule has 4 aromatic rings. The van der Waals surface area contributed by atoms with Crippen LogP contribution >= 0.6 is 27.3 Å². The maximum absolute atomic E-state index is 12.1. The number of carbonyl (C=O) groups excluding carboxylic acids is 2. The molecule has 1 saturated heterocycles. The molecule has 10 heteroatoms. The average Bonchev–Trinajstić information content (AvgIpc) is 3.44. The summed E-state index contributed by atoms with van der Waals surface area (Å²) in [6, 6.07) is 12.5. The number of imide groups is 1. The second kappa shape index (κ2) is 8.76. The summed E-state index contributed by atoms with van der Waals surface area (Å²) < 4.78 is 4.23. The van der Waals surface area contributed by atoms with Gasteiger partial charge in [0.05, 0.1) is 9.35 Å². The van der Waals surface area contributed by atoms with Gasteiger partial charge < -0.3 is 14.8 Å². The van der Waals surface area contributed by atoms with Gasteiger partial charge in [-0.25, -0.2) is 14.8 Å². The Balaban J connectivity index is 1.37. The summed E-state index contributed by atoms with van der Waals surface area (Å²) in [7, 11) is 0. The first-order valence-electron chi connectivity index (χ1n) is 11.2. The molecule has 2 N–H and O–H groups in total. The van der Waals surface area contributed by atoms with E-state index < -0.39 is 5.54 Å². The molecule has 0 radical (unpaired) electrons. The molecule has 1 aliphatic heterocycles. The minimum absolute atomic E-state index is 0.292. The van der Waals surface area contributed by atoms with Crippen LogP contribution in [0.25, 0.3) is 26.3 Å². The molecule has 0 aliphatic carbocycles. The van der Waals surface area contributed by atoms with Gasteiger partial charge in [-0.3, -0.25) is 10.1 Å². The zero-order valence-electron chi connectivity index (χ0n) is 19.8. The third kappa shape index (κ3) is 4.21. The highest BCUT2D eigenvalue weighted by Crippen LogP contribution is 2.37. The fraction of sp³-hybridized carbons (Fsp3) is 0.280. The number of thiophene rings is 1. The third-order valence-corrected chi connectivity index (χ3v) is 8.02. The van der Waals surface area contributed by atoms with Crippen LogP contribution in [0.2, 0.25) is 0 Å². The number of urea groups is 1. The van der Waals surface area contributed by atoms with E-state index in [9.17, 15) is 9.59 Å². The molecule has 3 aromatic heterocycles. The van der Waals surface area contributed by atoms with Crippen molar-refractivity contribution in [2.75, 3.05) is 18.4 Å². The van der Waals surface area contributed by atoms with Crippen molar-refractivity contribution in [1.29, 1.82) is 0 Å². The Kier molecular flexibility index (Phi) is 5.88. The van der Waals surface area contributed by atoms with E-state index in [2.05, 4.69) is 86.4 Å². The molecule has 0 spiro atoms. The molecule has 35 heavy (non-hydrogen) atoms. The highest BCUT2D eigenvalue weighted by atomic mass is 79.9. The van der Waals surface area contributed by atoms with Crippen LogP contribution in [0.1, 0.15) is 25.2 Å². The normalized spacial score (nSPS) is 15.2. The molecule has 5 rings (SSSR count). The summed E-state index contributed by atoms with van der Waals surface area (Å²) in [6.45, 7) is 8.44. The van der Waals surface area contributed by atoms with Gasteiger partial charge in [0.15, 0.2) is 0 Å². The van der Waals surface area contributed by atoms with Gasteiger partial charge in [-0.1, -0.05) is 0 Å². The first-order valence-corrected chi connectivity index (χ1v) is 12.8. The van der Waals surface area contributed by atoms with Gasteiger partial charge in [0.25, 0.3) is 5.91 Å².